The minimum absolute atomic E-state index is 0.171. The van der Waals surface area contributed by atoms with Gasteiger partial charge in [-0.15, -0.1) is 0 Å². The average Bonchev–Trinajstić information content (AvgIpc) is 2.43. The molecule has 0 fully saturated rings. The van der Waals surface area contributed by atoms with Crippen LogP contribution in [0.25, 0.3) is 11.3 Å². The molecule has 100 valence electrons. The molecule has 1 heterocycles. The molecule has 0 bridgehead atoms. The van der Waals surface area contributed by atoms with Crippen LogP contribution in [0.1, 0.15) is 6.92 Å². The molecule has 0 unspecified atom stereocenters. The van der Waals surface area contributed by atoms with E-state index in [0.29, 0.717) is 11.5 Å². The van der Waals surface area contributed by atoms with Crippen LogP contribution in [0.4, 0.5) is 19.0 Å². The monoisotopic (exact) mass is 267 g/mol. The molecule has 19 heavy (non-hydrogen) atoms. The Balaban J connectivity index is 2.47. The Bertz CT molecular complexity index is 578. The number of rotatable bonds is 3. The lowest BCUT2D eigenvalue weighted by Gasteiger charge is -2.15. The Hall–Kier alpha value is -2.11. The highest BCUT2D eigenvalue weighted by Crippen LogP contribution is 2.23. The molecule has 6 heteroatoms. The first kappa shape index (κ1) is 13.3. The Morgan fingerprint density at radius 1 is 1.05 bits per heavy atom. The van der Waals surface area contributed by atoms with E-state index in [0.717, 1.165) is 18.7 Å². The van der Waals surface area contributed by atoms with Crippen molar-refractivity contribution in [1.29, 1.82) is 0 Å². The van der Waals surface area contributed by atoms with Gasteiger partial charge in [0.25, 0.3) is 0 Å². The second-order valence-electron chi connectivity index (χ2n) is 4.03. The summed E-state index contributed by atoms with van der Waals surface area (Å²) in [5.41, 5.74) is 0.507. The van der Waals surface area contributed by atoms with Crippen LogP contribution in [0.3, 0.4) is 0 Å². The molecular formula is C13H12F3N3. The van der Waals surface area contributed by atoms with Crippen LogP contribution in [-0.2, 0) is 0 Å². The van der Waals surface area contributed by atoms with E-state index < -0.39 is 17.5 Å². The lowest BCUT2D eigenvalue weighted by molar-refractivity contribution is 0.447. The van der Waals surface area contributed by atoms with Crippen molar-refractivity contribution in [2.45, 2.75) is 6.92 Å². The van der Waals surface area contributed by atoms with Crippen LogP contribution in [0.2, 0.25) is 0 Å². The molecule has 0 spiro atoms. The van der Waals surface area contributed by atoms with Gasteiger partial charge in [-0.05, 0) is 19.1 Å². The van der Waals surface area contributed by atoms with Crippen LogP contribution in [0.15, 0.2) is 24.5 Å². The van der Waals surface area contributed by atoms with Gasteiger partial charge < -0.3 is 4.90 Å². The summed E-state index contributed by atoms with van der Waals surface area (Å²) in [7, 11) is 1.83. The van der Waals surface area contributed by atoms with Gasteiger partial charge >= 0.3 is 0 Å². The van der Waals surface area contributed by atoms with Gasteiger partial charge in [0, 0.05) is 25.2 Å². The van der Waals surface area contributed by atoms with Crippen molar-refractivity contribution < 1.29 is 13.2 Å². The Morgan fingerprint density at radius 2 is 1.68 bits per heavy atom. The maximum Gasteiger partial charge on any atom is 0.194 e. The predicted molar refractivity (Wildman–Crippen MR) is 66.3 cm³/mol. The minimum atomic E-state index is -1.48. The second-order valence-corrected chi connectivity index (χ2v) is 4.03. The van der Waals surface area contributed by atoms with Gasteiger partial charge in [0.15, 0.2) is 17.5 Å². The summed E-state index contributed by atoms with van der Waals surface area (Å²) in [6, 6.07) is 3.42. The fourth-order valence-corrected chi connectivity index (χ4v) is 1.58. The van der Waals surface area contributed by atoms with Crippen molar-refractivity contribution in [3.8, 4) is 11.3 Å². The van der Waals surface area contributed by atoms with E-state index in [-0.39, 0.29) is 5.56 Å². The molecule has 3 nitrogen and oxygen atoms in total. The van der Waals surface area contributed by atoms with Crippen molar-refractivity contribution in [1.82, 2.24) is 9.97 Å². The molecule has 0 radical (unpaired) electrons. The number of hydrogen-bond donors (Lipinski definition) is 0. The highest BCUT2D eigenvalue weighted by molar-refractivity contribution is 5.62. The number of hydrogen-bond acceptors (Lipinski definition) is 3. The van der Waals surface area contributed by atoms with Gasteiger partial charge in [0.2, 0.25) is 0 Å². The first-order valence-corrected chi connectivity index (χ1v) is 5.71. The Kier molecular flexibility index (Phi) is 3.69. The maximum atomic E-state index is 13.2. The van der Waals surface area contributed by atoms with Crippen molar-refractivity contribution >= 4 is 5.82 Å². The molecule has 0 amide bonds. The predicted octanol–water partition coefficient (Wildman–Crippen LogP) is 3.02. The minimum Gasteiger partial charge on any atom is -0.360 e. The van der Waals surface area contributed by atoms with E-state index in [1.165, 1.54) is 6.33 Å². The largest absolute Gasteiger partial charge is 0.360 e. The number of nitrogens with zero attached hydrogens (tertiary/aromatic N) is 3. The van der Waals surface area contributed by atoms with Crippen LogP contribution >= 0.6 is 0 Å². The van der Waals surface area contributed by atoms with Crippen LogP contribution in [0.5, 0.6) is 0 Å². The molecule has 0 aliphatic rings. The van der Waals surface area contributed by atoms with Crippen LogP contribution in [-0.4, -0.2) is 23.6 Å². The maximum absolute atomic E-state index is 13.2. The molecule has 1 aromatic carbocycles. The third-order valence-corrected chi connectivity index (χ3v) is 2.80. The lowest BCUT2D eigenvalue weighted by Crippen LogP contribution is -2.17. The van der Waals surface area contributed by atoms with Crippen molar-refractivity contribution in [3.63, 3.8) is 0 Å². The van der Waals surface area contributed by atoms with Crippen molar-refractivity contribution in [2.24, 2.45) is 0 Å². The number of aromatic nitrogens is 2. The summed E-state index contributed by atoms with van der Waals surface area (Å²) in [5, 5.41) is 0. The standard InChI is InChI=1S/C13H12F3N3/c1-3-19(2)12-6-11(17-7-18-12)8-4-9(14)13(16)10(15)5-8/h4-7H,3H2,1-2H3. The van der Waals surface area contributed by atoms with Gasteiger partial charge in [0.1, 0.15) is 12.1 Å². The second kappa shape index (κ2) is 5.26. The molecule has 0 saturated heterocycles. The number of anilines is 1. The van der Waals surface area contributed by atoms with E-state index in [1.54, 1.807) is 6.07 Å². The Labute approximate surface area is 108 Å². The third kappa shape index (κ3) is 2.67. The van der Waals surface area contributed by atoms with Gasteiger partial charge in [0.05, 0.1) is 5.69 Å². The first-order valence-electron chi connectivity index (χ1n) is 5.71. The van der Waals surface area contributed by atoms with E-state index in [4.69, 9.17) is 0 Å². The van der Waals surface area contributed by atoms with Gasteiger partial charge in [-0.25, -0.2) is 23.1 Å². The highest BCUT2D eigenvalue weighted by atomic mass is 19.2. The first-order chi connectivity index (χ1) is 9.02. The summed E-state index contributed by atoms with van der Waals surface area (Å²) in [4.78, 5) is 9.84. The molecule has 0 aliphatic heterocycles. The smallest absolute Gasteiger partial charge is 0.194 e. The van der Waals surface area contributed by atoms with Crippen molar-refractivity contribution in [2.75, 3.05) is 18.5 Å². The van der Waals surface area contributed by atoms with Crippen LogP contribution < -0.4 is 4.90 Å². The SMILES string of the molecule is CCN(C)c1cc(-c2cc(F)c(F)c(F)c2)ncn1. The quantitative estimate of drug-likeness (QED) is 0.800. The van der Waals surface area contributed by atoms with Crippen LogP contribution in [0, 0.1) is 17.5 Å². The summed E-state index contributed by atoms with van der Waals surface area (Å²) in [5.74, 6) is -3.33. The molecule has 0 N–H and O–H groups in total. The zero-order chi connectivity index (χ0) is 14.0. The summed E-state index contributed by atoms with van der Waals surface area (Å²) in [6.45, 7) is 2.67. The fraction of sp³-hybridized carbons (Fsp3) is 0.231. The van der Waals surface area contributed by atoms with E-state index >= 15 is 0 Å². The normalized spacial score (nSPS) is 10.6. The number of benzene rings is 1. The van der Waals surface area contributed by atoms with E-state index in [9.17, 15) is 13.2 Å². The molecule has 0 aliphatic carbocycles. The molecule has 1 aromatic heterocycles. The zero-order valence-electron chi connectivity index (χ0n) is 10.5. The molecule has 0 atom stereocenters. The molecule has 2 rings (SSSR count). The van der Waals surface area contributed by atoms with E-state index in [2.05, 4.69) is 9.97 Å². The average molecular weight is 267 g/mol. The Morgan fingerprint density at radius 3 is 2.26 bits per heavy atom. The van der Waals surface area contributed by atoms with Crippen molar-refractivity contribution in [3.05, 3.63) is 42.0 Å². The molecule has 0 saturated carbocycles. The number of halogens is 3. The van der Waals surface area contributed by atoms with Gasteiger partial charge in [-0.1, -0.05) is 0 Å². The van der Waals surface area contributed by atoms with E-state index in [1.807, 2.05) is 18.9 Å². The highest BCUT2D eigenvalue weighted by Gasteiger charge is 2.13. The third-order valence-electron chi connectivity index (χ3n) is 2.80. The van der Waals surface area contributed by atoms with Gasteiger partial charge in [-0.3, -0.25) is 0 Å². The van der Waals surface area contributed by atoms with Gasteiger partial charge in [-0.2, -0.15) is 0 Å². The molecule has 2 aromatic rings. The lowest BCUT2D eigenvalue weighted by atomic mass is 10.1. The fourth-order valence-electron chi connectivity index (χ4n) is 1.58. The summed E-state index contributed by atoms with van der Waals surface area (Å²) >= 11 is 0. The topological polar surface area (TPSA) is 29.0 Å². The summed E-state index contributed by atoms with van der Waals surface area (Å²) < 4.78 is 39.3. The summed E-state index contributed by atoms with van der Waals surface area (Å²) in [6.07, 6.45) is 1.30. The molecular weight excluding hydrogens is 255 g/mol. The zero-order valence-corrected chi connectivity index (χ0v) is 10.5.